The van der Waals surface area contributed by atoms with Crippen LogP contribution in [0.1, 0.15) is 11.1 Å². The average molecular weight is 257 g/mol. The normalized spacial score (nSPS) is 10.6. The number of hydrogen-bond donors (Lipinski definition) is 1. The summed E-state index contributed by atoms with van der Waals surface area (Å²) in [5.41, 5.74) is -2.11. The minimum absolute atomic E-state index is 0.751. The Morgan fingerprint density at radius 2 is 1.38 bits per heavy atom. The molecule has 88 valence electrons. The van der Waals surface area contributed by atoms with Gasteiger partial charge in [0.1, 0.15) is 0 Å². The molecular formula is C9H5ClF4O2. The van der Waals surface area contributed by atoms with Crippen LogP contribution in [0.25, 0.3) is 0 Å². The highest BCUT2D eigenvalue weighted by molar-refractivity contribution is 6.17. The predicted molar refractivity (Wildman–Crippen MR) is 47.2 cm³/mol. The van der Waals surface area contributed by atoms with Gasteiger partial charge in [0.2, 0.25) is 0 Å². The van der Waals surface area contributed by atoms with Crippen molar-refractivity contribution in [2.75, 3.05) is 0 Å². The van der Waals surface area contributed by atoms with Crippen LogP contribution < -0.4 is 0 Å². The summed E-state index contributed by atoms with van der Waals surface area (Å²) < 4.78 is 52.5. The maximum Gasteiger partial charge on any atom is 0.308 e. The van der Waals surface area contributed by atoms with Crippen molar-refractivity contribution in [3.8, 4) is 0 Å². The summed E-state index contributed by atoms with van der Waals surface area (Å²) in [5, 5.41) is 8.32. The van der Waals surface area contributed by atoms with Crippen molar-refractivity contribution in [2.24, 2.45) is 0 Å². The Labute approximate surface area is 92.4 Å². The van der Waals surface area contributed by atoms with Crippen LogP contribution in [-0.4, -0.2) is 11.1 Å². The van der Waals surface area contributed by atoms with Crippen molar-refractivity contribution < 1.29 is 27.5 Å². The van der Waals surface area contributed by atoms with Crippen molar-refractivity contribution >= 4 is 17.6 Å². The second-order valence-electron chi connectivity index (χ2n) is 2.92. The van der Waals surface area contributed by atoms with Crippen LogP contribution in [0, 0.1) is 23.3 Å². The zero-order valence-electron chi connectivity index (χ0n) is 7.66. The third-order valence-corrected chi connectivity index (χ3v) is 2.17. The van der Waals surface area contributed by atoms with Crippen LogP contribution >= 0.6 is 11.6 Å². The Morgan fingerprint density at radius 3 is 1.69 bits per heavy atom. The lowest BCUT2D eigenvalue weighted by Gasteiger charge is -2.08. The third-order valence-electron chi connectivity index (χ3n) is 1.91. The molecular weight excluding hydrogens is 252 g/mol. The molecule has 0 saturated carbocycles. The van der Waals surface area contributed by atoms with Gasteiger partial charge in [0.25, 0.3) is 0 Å². The van der Waals surface area contributed by atoms with Gasteiger partial charge in [-0.15, -0.1) is 11.6 Å². The van der Waals surface area contributed by atoms with E-state index in [0.717, 1.165) is 0 Å². The number of carboxylic acid groups (broad SMARTS) is 1. The van der Waals surface area contributed by atoms with E-state index in [-0.39, 0.29) is 0 Å². The smallest absolute Gasteiger partial charge is 0.308 e. The summed E-state index contributed by atoms with van der Waals surface area (Å²) in [4.78, 5) is 10.2. The molecule has 0 aliphatic carbocycles. The lowest BCUT2D eigenvalue weighted by atomic mass is 10.1. The molecule has 0 amide bonds. The van der Waals surface area contributed by atoms with E-state index in [4.69, 9.17) is 16.7 Å². The van der Waals surface area contributed by atoms with E-state index >= 15 is 0 Å². The number of benzene rings is 1. The highest BCUT2D eigenvalue weighted by atomic mass is 35.5. The molecule has 1 rings (SSSR count). The van der Waals surface area contributed by atoms with Gasteiger partial charge in [-0.3, -0.25) is 4.79 Å². The van der Waals surface area contributed by atoms with Crippen LogP contribution in [0.5, 0.6) is 0 Å². The first-order valence-electron chi connectivity index (χ1n) is 4.01. The van der Waals surface area contributed by atoms with Gasteiger partial charge in [-0.1, -0.05) is 0 Å². The fraction of sp³-hybridized carbons (Fsp3) is 0.222. The van der Waals surface area contributed by atoms with E-state index < -0.39 is 52.7 Å². The molecule has 7 heteroatoms. The topological polar surface area (TPSA) is 37.3 Å². The summed E-state index contributed by atoms with van der Waals surface area (Å²) in [6.07, 6.45) is -1.14. The number of rotatable bonds is 3. The first kappa shape index (κ1) is 12.8. The Bertz CT molecular complexity index is 419. The molecule has 0 heterocycles. The second kappa shape index (κ2) is 4.69. The molecule has 0 atom stereocenters. The molecule has 0 fully saturated rings. The summed E-state index contributed by atoms with van der Waals surface area (Å²) in [5.74, 6) is -9.13. The average Bonchev–Trinajstić information content (AvgIpc) is 2.22. The van der Waals surface area contributed by atoms with Gasteiger partial charge in [0, 0.05) is 11.1 Å². The maximum absolute atomic E-state index is 13.1. The summed E-state index contributed by atoms with van der Waals surface area (Å²) in [7, 11) is 0. The minimum atomic E-state index is -1.73. The van der Waals surface area contributed by atoms with Crippen molar-refractivity contribution in [3.05, 3.63) is 34.4 Å². The van der Waals surface area contributed by atoms with Crippen LogP contribution in [0.4, 0.5) is 17.6 Å². The number of aliphatic carboxylic acids is 1. The third kappa shape index (κ3) is 2.11. The molecule has 0 aromatic heterocycles. The highest BCUT2D eigenvalue weighted by Crippen LogP contribution is 2.25. The summed E-state index contributed by atoms with van der Waals surface area (Å²) in [6, 6.07) is 0. The molecule has 0 aliphatic rings. The fourth-order valence-corrected chi connectivity index (χ4v) is 1.38. The summed E-state index contributed by atoms with van der Waals surface area (Å²) in [6.45, 7) is 0. The lowest BCUT2D eigenvalue weighted by Crippen LogP contribution is -2.11. The van der Waals surface area contributed by atoms with Crippen molar-refractivity contribution in [1.82, 2.24) is 0 Å². The maximum atomic E-state index is 13.1. The monoisotopic (exact) mass is 256 g/mol. The van der Waals surface area contributed by atoms with E-state index in [1.807, 2.05) is 0 Å². The predicted octanol–water partition coefficient (Wildman–Crippen LogP) is 2.61. The molecule has 1 aromatic carbocycles. The molecule has 1 aromatic rings. The van der Waals surface area contributed by atoms with Gasteiger partial charge in [0.05, 0.1) is 12.3 Å². The quantitative estimate of drug-likeness (QED) is 0.513. The number of halogens is 5. The zero-order valence-corrected chi connectivity index (χ0v) is 8.42. The van der Waals surface area contributed by atoms with Gasteiger partial charge in [-0.25, -0.2) is 17.6 Å². The molecule has 0 saturated heterocycles. The van der Waals surface area contributed by atoms with Crippen molar-refractivity contribution in [2.45, 2.75) is 12.3 Å². The summed E-state index contributed by atoms with van der Waals surface area (Å²) >= 11 is 5.11. The zero-order chi connectivity index (χ0) is 12.5. The largest absolute Gasteiger partial charge is 0.481 e. The SMILES string of the molecule is O=C(O)Cc1c(F)c(F)c(CCl)c(F)c1F. The van der Waals surface area contributed by atoms with Crippen LogP contribution in [0.15, 0.2) is 0 Å². The fourth-order valence-electron chi connectivity index (χ4n) is 1.15. The molecule has 0 bridgehead atoms. The Balaban J connectivity index is 3.47. The number of hydrogen-bond acceptors (Lipinski definition) is 1. The van der Waals surface area contributed by atoms with Gasteiger partial charge in [-0.2, -0.15) is 0 Å². The molecule has 0 unspecified atom stereocenters. The van der Waals surface area contributed by atoms with Crippen LogP contribution in [-0.2, 0) is 17.1 Å². The Kier molecular flexibility index (Phi) is 3.74. The standard InChI is InChI=1S/C9H5ClF4O2/c10-2-4-8(13)6(11)3(1-5(15)16)7(12)9(4)14/h1-2H2,(H,15,16). The first-order chi connectivity index (χ1) is 7.40. The van der Waals surface area contributed by atoms with Crippen molar-refractivity contribution in [1.29, 1.82) is 0 Å². The van der Waals surface area contributed by atoms with E-state index in [0.29, 0.717) is 0 Å². The van der Waals surface area contributed by atoms with Gasteiger partial charge < -0.3 is 5.11 Å². The van der Waals surface area contributed by atoms with E-state index in [2.05, 4.69) is 0 Å². The number of carbonyl (C=O) groups is 1. The Morgan fingerprint density at radius 1 is 1.00 bits per heavy atom. The van der Waals surface area contributed by atoms with E-state index in [1.54, 1.807) is 0 Å². The second-order valence-corrected chi connectivity index (χ2v) is 3.18. The lowest BCUT2D eigenvalue weighted by molar-refractivity contribution is -0.136. The number of carboxylic acids is 1. The number of alkyl halides is 1. The molecule has 0 radical (unpaired) electrons. The van der Waals surface area contributed by atoms with Crippen molar-refractivity contribution in [3.63, 3.8) is 0 Å². The van der Waals surface area contributed by atoms with Gasteiger partial charge in [0.15, 0.2) is 23.3 Å². The molecule has 0 spiro atoms. The van der Waals surface area contributed by atoms with Gasteiger partial charge >= 0.3 is 5.97 Å². The van der Waals surface area contributed by atoms with Gasteiger partial charge in [-0.05, 0) is 0 Å². The molecule has 2 nitrogen and oxygen atoms in total. The molecule has 0 aliphatic heterocycles. The van der Waals surface area contributed by atoms with E-state index in [1.165, 1.54) is 0 Å². The molecule has 1 N–H and O–H groups in total. The van der Waals surface area contributed by atoms with Crippen LogP contribution in [0.2, 0.25) is 0 Å². The van der Waals surface area contributed by atoms with Crippen LogP contribution in [0.3, 0.4) is 0 Å². The first-order valence-corrected chi connectivity index (χ1v) is 4.55. The minimum Gasteiger partial charge on any atom is -0.481 e. The highest BCUT2D eigenvalue weighted by Gasteiger charge is 2.25. The molecule has 16 heavy (non-hydrogen) atoms. The van der Waals surface area contributed by atoms with E-state index in [9.17, 15) is 22.4 Å². The Hall–Kier alpha value is -1.30.